The second-order valence-electron chi connectivity index (χ2n) is 6.71. The standard InChI is InChI=1S/C17H19N5/c1-11-5-6-12(7-18)15(20-11)22-9-13-8-19-16(17(2,3)4)21-14(13)10-22/h5-6,8H,9-10H2,1-4H3. The fourth-order valence-electron chi connectivity index (χ4n) is 2.54. The van der Waals surface area contributed by atoms with E-state index in [9.17, 15) is 5.26 Å². The third-order valence-corrected chi connectivity index (χ3v) is 3.76. The topological polar surface area (TPSA) is 65.7 Å². The highest BCUT2D eigenvalue weighted by Crippen LogP contribution is 2.29. The van der Waals surface area contributed by atoms with Gasteiger partial charge in [0.05, 0.1) is 17.8 Å². The average molecular weight is 293 g/mol. The van der Waals surface area contributed by atoms with Crippen LogP contribution in [-0.4, -0.2) is 15.0 Å². The van der Waals surface area contributed by atoms with Crippen LogP contribution < -0.4 is 4.90 Å². The van der Waals surface area contributed by atoms with E-state index in [1.54, 1.807) is 0 Å². The lowest BCUT2D eigenvalue weighted by atomic mass is 9.95. The Bertz CT molecular complexity index is 768. The van der Waals surface area contributed by atoms with Crippen molar-refractivity contribution in [2.45, 2.75) is 46.2 Å². The van der Waals surface area contributed by atoms with Crippen LogP contribution in [0, 0.1) is 18.3 Å². The van der Waals surface area contributed by atoms with Gasteiger partial charge < -0.3 is 4.90 Å². The molecule has 0 aliphatic carbocycles. The number of aromatic nitrogens is 3. The van der Waals surface area contributed by atoms with Gasteiger partial charge in [-0.05, 0) is 19.1 Å². The number of aryl methyl sites for hydroxylation is 1. The Labute approximate surface area is 130 Å². The first-order valence-electron chi connectivity index (χ1n) is 7.36. The van der Waals surface area contributed by atoms with Crippen LogP contribution in [0.25, 0.3) is 0 Å². The Morgan fingerprint density at radius 1 is 1.18 bits per heavy atom. The molecule has 2 aromatic heterocycles. The maximum atomic E-state index is 9.29. The maximum absolute atomic E-state index is 9.29. The fourth-order valence-corrected chi connectivity index (χ4v) is 2.54. The minimum atomic E-state index is -0.0676. The molecular weight excluding hydrogens is 274 g/mol. The molecule has 0 spiro atoms. The molecule has 0 N–H and O–H groups in total. The predicted molar refractivity (Wildman–Crippen MR) is 84.3 cm³/mol. The van der Waals surface area contributed by atoms with Crippen LogP contribution in [0.4, 0.5) is 5.82 Å². The molecule has 0 fully saturated rings. The predicted octanol–water partition coefficient (Wildman–Crippen LogP) is 2.87. The fraction of sp³-hybridized carbons (Fsp3) is 0.412. The van der Waals surface area contributed by atoms with Crippen LogP contribution >= 0.6 is 0 Å². The molecule has 3 heterocycles. The van der Waals surface area contributed by atoms with Crippen LogP contribution in [0.2, 0.25) is 0 Å². The van der Waals surface area contributed by atoms with Crippen LogP contribution in [-0.2, 0) is 18.5 Å². The second kappa shape index (κ2) is 5.06. The lowest BCUT2D eigenvalue weighted by Crippen LogP contribution is -2.18. The van der Waals surface area contributed by atoms with Gasteiger partial charge in [-0.25, -0.2) is 15.0 Å². The number of hydrogen-bond acceptors (Lipinski definition) is 5. The molecule has 0 unspecified atom stereocenters. The molecular formula is C17H19N5. The van der Waals surface area contributed by atoms with Crippen molar-refractivity contribution >= 4 is 5.82 Å². The van der Waals surface area contributed by atoms with Crippen molar-refractivity contribution in [3.05, 3.63) is 46.7 Å². The minimum absolute atomic E-state index is 0.0676. The SMILES string of the molecule is Cc1ccc(C#N)c(N2Cc3cnc(C(C)(C)C)nc3C2)n1. The van der Waals surface area contributed by atoms with E-state index in [0.29, 0.717) is 18.7 Å². The van der Waals surface area contributed by atoms with Crippen molar-refractivity contribution in [3.63, 3.8) is 0 Å². The molecule has 0 radical (unpaired) electrons. The normalized spacial score (nSPS) is 13.9. The third kappa shape index (κ3) is 2.52. The van der Waals surface area contributed by atoms with E-state index in [4.69, 9.17) is 4.98 Å². The van der Waals surface area contributed by atoms with Crippen molar-refractivity contribution in [1.82, 2.24) is 15.0 Å². The molecule has 0 amide bonds. The molecule has 2 aromatic rings. The number of fused-ring (bicyclic) bond motifs is 1. The molecule has 3 rings (SSSR count). The Hall–Kier alpha value is -2.48. The van der Waals surface area contributed by atoms with Crippen molar-refractivity contribution in [2.24, 2.45) is 0 Å². The number of anilines is 1. The van der Waals surface area contributed by atoms with E-state index in [1.807, 2.05) is 25.3 Å². The van der Waals surface area contributed by atoms with Crippen LogP contribution in [0.3, 0.4) is 0 Å². The molecule has 1 aliphatic rings. The molecule has 5 heteroatoms. The smallest absolute Gasteiger partial charge is 0.147 e. The summed E-state index contributed by atoms with van der Waals surface area (Å²) in [5, 5.41) is 9.29. The molecule has 22 heavy (non-hydrogen) atoms. The van der Waals surface area contributed by atoms with Gasteiger partial charge in [0.2, 0.25) is 0 Å². The average Bonchev–Trinajstić information content (AvgIpc) is 2.89. The number of nitriles is 1. The van der Waals surface area contributed by atoms with Gasteiger partial charge in [-0.1, -0.05) is 20.8 Å². The molecule has 5 nitrogen and oxygen atoms in total. The van der Waals surface area contributed by atoms with Gasteiger partial charge in [0.25, 0.3) is 0 Å². The van der Waals surface area contributed by atoms with E-state index in [-0.39, 0.29) is 5.41 Å². The van der Waals surface area contributed by atoms with Crippen molar-refractivity contribution in [3.8, 4) is 6.07 Å². The van der Waals surface area contributed by atoms with Crippen LogP contribution in [0.5, 0.6) is 0 Å². The first kappa shape index (κ1) is 14.5. The van der Waals surface area contributed by atoms with Gasteiger partial charge in [0, 0.05) is 29.4 Å². The summed E-state index contributed by atoms with van der Waals surface area (Å²) in [5.74, 6) is 1.59. The van der Waals surface area contributed by atoms with Gasteiger partial charge in [-0.15, -0.1) is 0 Å². The van der Waals surface area contributed by atoms with E-state index < -0.39 is 0 Å². The summed E-state index contributed by atoms with van der Waals surface area (Å²) in [6, 6.07) is 5.91. The second-order valence-corrected chi connectivity index (χ2v) is 6.71. The molecule has 0 saturated carbocycles. The zero-order chi connectivity index (χ0) is 15.9. The molecule has 0 bridgehead atoms. The van der Waals surface area contributed by atoms with Crippen molar-refractivity contribution in [2.75, 3.05) is 4.90 Å². The number of nitrogens with zero attached hydrogens (tertiary/aromatic N) is 5. The third-order valence-electron chi connectivity index (χ3n) is 3.76. The van der Waals surface area contributed by atoms with Gasteiger partial charge in [0.1, 0.15) is 17.7 Å². The van der Waals surface area contributed by atoms with Gasteiger partial charge in [-0.3, -0.25) is 0 Å². The summed E-state index contributed by atoms with van der Waals surface area (Å²) < 4.78 is 0. The zero-order valence-electron chi connectivity index (χ0n) is 13.4. The number of hydrogen-bond donors (Lipinski definition) is 0. The Balaban J connectivity index is 1.95. The Morgan fingerprint density at radius 2 is 1.95 bits per heavy atom. The summed E-state index contributed by atoms with van der Waals surface area (Å²) in [6.07, 6.45) is 1.91. The van der Waals surface area contributed by atoms with Gasteiger partial charge >= 0.3 is 0 Å². The summed E-state index contributed by atoms with van der Waals surface area (Å²) in [5.41, 5.74) is 3.59. The lowest BCUT2D eigenvalue weighted by molar-refractivity contribution is 0.541. The van der Waals surface area contributed by atoms with E-state index in [0.717, 1.165) is 28.6 Å². The first-order valence-corrected chi connectivity index (χ1v) is 7.36. The van der Waals surface area contributed by atoms with Gasteiger partial charge in [0.15, 0.2) is 0 Å². The number of rotatable bonds is 1. The number of pyridine rings is 1. The van der Waals surface area contributed by atoms with Crippen molar-refractivity contribution < 1.29 is 0 Å². The highest BCUT2D eigenvalue weighted by Gasteiger charge is 2.26. The lowest BCUT2D eigenvalue weighted by Gasteiger charge is -2.18. The summed E-state index contributed by atoms with van der Waals surface area (Å²) in [7, 11) is 0. The molecule has 0 saturated heterocycles. The molecule has 112 valence electrons. The van der Waals surface area contributed by atoms with E-state index in [2.05, 4.69) is 41.7 Å². The van der Waals surface area contributed by atoms with E-state index in [1.165, 1.54) is 0 Å². The summed E-state index contributed by atoms with van der Waals surface area (Å²) in [6.45, 7) is 9.63. The Kier molecular flexibility index (Phi) is 3.32. The molecule has 0 atom stereocenters. The van der Waals surface area contributed by atoms with Crippen molar-refractivity contribution in [1.29, 1.82) is 5.26 Å². The first-order chi connectivity index (χ1) is 10.4. The van der Waals surface area contributed by atoms with E-state index >= 15 is 0 Å². The van der Waals surface area contributed by atoms with Crippen LogP contribution in [0.1, 0.15) is 49.1 Å². The Morgan fingerprint density at radius 3 is 2.64 bits per heavy atom. The monoisotopic (exact) mass is 293 g/mol. The van der Waals surface area contributed by atoms with Crippen LogP contribution in [0.15, 0.2) is 18.3 Å². The highest BCUT2D eigenvalue weighted by molar-refractivity contribution is 5.56. The molecule has 1 aliphatic heterocycles. The quantitative estimate of drug-likeness (QED) is 0.809. The highest BCUT2D eigenvalue weighted by atomic mass is 15.2. The largest absolute Gasteiger partial charge is 0.345 e. The maximum Gasteiger partial charge on any atom is 0.147 e. The summed E-state index contributed by atoms with van der Waals surface area (Å²) >= 11 is 0. The zero-order valence-corrected chi connectivity index (χ0v) is 13.4. The van der Waals surface area contributed by atoms with Gasteiger partial charge in [-0.2, -0.15) is 5.26 Å². The molecule has 0 aromatic carbocycles. The summed E-state index contributed by atoms with van der Waals surface area (Å²) in [4.78, 5) is 15.8. The minimum Gasteiger partial charge on any atom is -0.345 e.